The minimum absolute atomic E-state index is 0. The SMILES string of the molecule is CC(C)C[C@@H](C(=O)C(=O)N/N=C1\SCCN1C)N(CC(C)C)C(=O)O.Cl. The number of hydrazone groups is 1. The molecule has 2 N–H and O–H groups in total. The molecule has 0 radical (unpaired) electrons. The van der Waals surface area contributed by atoms with E-state index in [1.165, 1.54) is 11.8 Å². The standard InChI is InChI=1S/C16H28N4O4S.ClH/c1-10(2)8-12(20(16(23)24)9-11(3)4)13(21)14(22)17-18-15-19(5)6-7-25-15;/h10-12H,6-9H2,1-5H3,(H,17,22)(H,23,24);1H/b18-15-;/t12-;/m0./s1. The fraction of sp³-hybridized carbons (Fsp3) is 0.750. The van der Waals surface area contributed by atoms with Gasteiger partial charge in [-0.25, -0.2) is 10.2 Å². The van der Waals surface area contributed by atoms with E-state index in [-0.39, 0.29) is 37.2 Å². The molecule has 0 unspecified atom stereocenters. The van der Waals surface area contributed by atoms with Crippen molar-refractivity contribution in [2.75, 3.05) is 25.9 Å². The molecule has 1 aliphatic rings. The molecule has 0 aromatic carbocycles. The van der Waals surface area contributed by atoms with Crippen LogP contribution in [0.5, 0.6) is 0 Å². The van der Waals surface area contributed by atoms with Crippen LogP contribution in [0.2, 0.25) is 0 Å². The topological polar surface area (TPSA) is 102 Å². The number of hydrogen-bond acceptors (Lipinski definition) is 5. The van der Waals surface area contributed by atoms with E-state index in [9.17, 15) is 19.5 Å². The first-order valence-electron chi connectivity index (χ1n) is 8.38. The largest absolute Gasteiger partial charge is 0.465 e. The third kappa shape index (κ3) is 7.41. The number of rotatable bonds is 8. The maximum absolute atomic E-state index is 12.6. The van der Waals surface area contributed by atoms with Crippen LogP contribution in [0.15, 0.2) is 5.10 Å². The summed E-state index contributed by atoms with van der Waals surface area (Å²) in [5.74, 6) is -0.666. The Kier molecular flexibility index (Phi) is 10.6. The first kappa shape index (κ1) is 24.5. The summed E-state index contributed by atoms with van der Waals surface area (Å²) in [4.78, 5) is 39.4. The molecule has 0 spiro atoms. The van der Waals surface area contributed by atoms with E-state index in [1.807, 2.05) is 39.6 Å². The van der Waals surface area contributed by atoms with Crippen molar-refractivity contribution in [3.63, 3.8) is 0 Å². The van der Waals surface area contributed by atoms with Crippen molar-refractivity contribution in [1.82, 2.24) is 15.2 Å². The highest BCUT2D eigenvalue weighted by Crippen LogP contribution is 2.17. The van der Waals surface area contributed by atoms with Gasteiger partial charge in [0, 0.05) is 25.9 Å². The third-order valence-electron chi connectivity index (χ3n) is 3.64. The van der Waals surface area contributed by atoms with Gasteiger partial charge in [-0.05, 0) is 18.3 Å². The highest BCUT2D eigenvalue weighted by Gasteiger charge is 2.34. The lowest BCUT2D eigenvalue weighted by molar-refractivity contribution is -0.141. The number of carbonyl (C=O) groups excluding carboxylic acids is 2. The Balaban J connectivity index is 0.00000625. The molecule has 0 aliphatic carbocycles. The van der Waals surface area contributed by atoms with Crippen LogP contribution in [-0.2, 0) is 9.59 Å². The lowest BCUT2D eigenvalue weighted by atomic mass is 9.97. The maximum atomic E-state index is 12.6. The van der Waals surface area contributed by atoms with Gasteiger partial charge < -0.3 is 10.0 Å². The lowest BCUT2D eigenvalue weighted by Crippen LogP contribution is -2.51. The predicted octanol–water partition coefficient (Wildman–Crippen LogP) is 2.09. The molecular formula is C16H29ClN4O4S. The van der Waals surface area contributed by atoms with E-state index in [2.05, 4.69) is 10.5 Å². The Hall–Kier alpha value is -1.48. The Labute approximate surface area is 165 Å². The number of nitrogens with one attached hydrogen (secondary N) is 1. The van der Waals surface area contributed by atoms with Gasteiger partial charge in [0.25, 0.3) is 0 Å². The van der Waals surface area contributed by atoms with Crippen molar-refractivity contribution in [2.24, 2.45) is 16.9 Å². The van der Waals surface area contributed by atoms with E-state index in [0.717, 1.165) is 17.2 Å². The summed E-state index contributed by atoms with van der Waals surface area (Å²) >= 11 is 1.49. The zero-order chi connectivity index (χ0) is 19.1. The first-order chi connectivity index (χ1) is 11.6. The number of hydrogen-bond donors (Lipinski definition) is 2. The van der Waals surface area contributed by atoms with E-state index in [0.29, 0.717) is 5.17 Å². The van der Waals surface area contributed by atoms with Gasteiger partial charge in [-0.1, -0.05) is 39.5 Å². The number of amidine groups is 1. The fourth-order valence-corrected chi connectivity index (χ4v) is 3.43. The van der Waals surface area contributed by atoms with Crippen LogP contribution in [0.25, 0.3) is 0 Å². The second-order valence-electron chi connectivity index (χ2n) is 6.94. The van der Waals surface area contributed by atoms with Gasteiger partial charge in [0.05, 0.1) is 0 Å². The number of ketones is 1. The molecule has 8 nitrogen and oxygen atoms in total. The molecule has 1 saturated heterocycles. The molecule has 0 bridgehead atoms. The maximum Gasteiger partial charge on any atom is 0.407 e. The van der Waals surface area contributed by atoms with E-state index in [4.69, 9.17) is 0 Å². The summed E-state index contributed by atoms with van der Waals surface area (Å²) < 4.78 is 0. The van der Waals surface area contributed by atoms with Gasteiger partial charge in [-0.3, -0.25) is 14.5 Å². The number of halogens is 1. The molecule has 1 heterocycles. The van der Waals surface area contributed by atoms with E-state index < -0.39 is 23.8 Å². The summed E-state index contributed by atoms with van der Waals surface area (Å²) in [6, 6.07) is -1.01. The molecule has 2 amide bonds. The molecule has 0 aromatic heterocycles. The van der Waals surface area contributed by atoms with Crippen LogP contribution in [-0.4, -0.2) is 69.8 Å². The highest BCUT2D eigenvalue weighted by atomic mass is 35.5. The summed E-state index contributed by atoms with van der Waals surface area (Å²) in [5, 5.41) is 14.1. The van der Waals surface area contributed by atoms with Crippen molar-refractivity contribution in [3.8, 4) is 0 Å². The molecule has 0 aromatic rings. The van der Waals surface area contributed by atoms with Crippen LogP contribution in [0.4, 0.5) is 4.79 Å². The van der Waals surface area contributed by atoms with Crippen LogP contribution in [0.1, 0.15) is 34.1 Å². The summed E-state index contributed by atoms with van der Waals surface area (Å²) in [6.07, 6.45) is -0.908. The normalized spacial score (nSPS) is 16.6. The third-order valence-corrected chi connectivity index (χ3v) is 4.69. The Morgan fingerprint density at radius 1 is 1.27 bits per heavy atom. The van der Waals surface area contributed by atoms with E-state index >= 15 is 0 Å². The Morgan fingerprint density at radius 3 is 2.31 bits per heavy atom. The van der Waals surface area contributed by atoms with Gasteiger partial charge in [0.1, 0.15) is 6.04 Å². The quantitative estimate of drug-likeness (QED) is 0.471. The van der Waals surface area contributed by atoms with Gasteiger partial charge in [0.2, 0.25) is 5.78 Å². The molecule has 1 atom stereocenters. The highest BCUT2D eigenvalue weighted by molar-refractivity contribution is 8.14. The van der Waals surface area contributed by atoms with Crippen LogP contribution in [0.3, 0.4) is 0 Å². The molecule has 1 aliphatic heterocycles. The lowest BCUT2D eigenvalue weighted by Gasteiger charge is -2.30. The van der Waals surface area contributed by atoms with Crippen LogP contribution < -0.4 is 5.43 Å². The number of Topliss-reactive ketones (excluding diaryl/α,β-unsaturated/α-hetero) is 1. The van der Waals surface area contributed by atoms with Crippen molar-refractivity contribution >= 4 is 47.1 Å². The summed E-state index contributed by atoms with van der Waals surface area (Å²) in [7, 11) is 1.85. The van der Waals surface area contributed by atoms with Crippen LogP contribution >= 0.6 is 24.2 Å². The summed E-state index contributed by atoms with van der Waals surface area (Å²) in [5.41, 5.74) is 2.27. The molecule has 1 fully saturated rings. The zero-order valence-electron chi connectivity index (χ0n) is 15.9. The molecule has 0 saturated carbocycles. The molecule has 150 valence electrons. The fourth-order valence-electron chi connectivity index (χ4n) is 2.46. The minimum Gasteiger partial charge on any atom is -0.465 e. The molecule has 26 heavy (non-hydrogen) atoms. The molecular weight excluding hydrogens is 380 g/mol. The smallest absolute Gasteiger partial charge is 0.407 e. The van der Waals surface area contributed by atoms with Gasteiger partial charge in [0.15, 0.2) is 5.17 Å². The minimum atomic E-state index is -1.20. The number of carbonyl (C=O) groups is 3. The number of nitrogens with zero attached hydrogens (tertiary/aromatic N) is 3. The second kappa shape index (κ2) is 11.3. The number of carboxylic acid groups (broad SMARTS) is 1. The van der Waals surface area contributed by atoms with Gasteiger partial charge in [-0.2, -0.15) is 0 Å². The number of amides is 2. The van der Waals surface area contributed by atoms with Crippen LogP contribution in [0, 0.1) is 11.8 Å². The second-order valence-corrected chi connectivity index (χ2v) is 8.01. The van der Waals surface area contributed by atoms with Gasteiger partial charge >= 0.3 is 12.0 Å². The number of thioether (sulfide) groups is 1. The summed E-state index contributed by atoms with van der Waals surface area (Å²) in [6.45, 7) is 8.53. The van der Waals surface area contributed by atoms with Crippen molar-refractivity contribution in [2.45, 2.75) is 40.2 Å². The first-order valence-corrected chi connectivity index (χ1v) is 9.37. The average Bonchev–Trinajstić information content (AvgIpc) is 2.92. The average molecular weight is 409 g/mol. The van der Waals surface area contributed by atoms with Crippen molar-refractivity contribution in [3.05, 3.63) is 0 Å². The molecule has 10 heteroatoms. The predicted molar refractivity (Wildman–Crippen MR) is 106 cm³/mol. The molecule has 1 rings (SSSR count). The van der Waals surface area contributed by atoms with E-state index in [1.54, 1.807) is 0 Å². The Bertz CT molecular complexity index is 542. The monoisotopic (exact) mass is 408 g/mol. The van der Waals surface area contributed by atoms with Crippen molar-refractivity contribution < 1.29 is 19.5 Å². The Morgan fingerprint density at radius 2 is 1.88 bits per heavy atom. The van der Waals surface area contributed by atoms with Crippen molar-refractivity contribution in [1.29, 1.82) is 0 Å². The zero-order valence-corrected chi connectivity index (χ0v) is 17.5. The van der Waals surface area contributed by atoms with Gasteiger partial charge in [-0.15, -0.1) is 17.5 Å².